The monoisotopic (exact) mass is 321 g/mol. The topological polar surface area (TPSA) is 0 Å². The Morgan fingerprint density at radius 2 is 1.48 bits per heavy atom. The second-order valence-corrected chi connectivity index (χ2v) is 9.24. The Kier molecular flexibility index (Phi) is 4.77. The van der Waals surface area contributed by atoms with E-state index in [4.69, 9.17) is 0 Å². The van der Waals surface area contributed by atoms with Gasteiger partial charge in [0.1, 0.15) is 0 Å². The lowest BCUT2D eigenvalue weighted by Crippen LogP contribution is -2.21. The zero-order chi connectivity index (χ0) is 16.3. The van der Waals surface area contributed by atoms with Crippen molar-refractivity contribution in [2.24, 2.45) is 0 Å². The van der Waals surface area contributed by atoms with Crippen LogP contribution in [0.1, 0.15) is 32.8 Å². The Bertz CT molecular complexity index is 687. The molecule has 0 saturated heterocycles. The molecule has 0 amide bonds. The van der Waals surface area contributed by atoms with Gasteiger partial charge in [0.15, 0.2) is 15.0 Å². The molecule has 0 saturated carbocycles. The maximum Gasteiger partial charge on any atom is 0.161 e. The van der Waals surface area contributed by atoms with Gasteiger partial charge in [-0.15, -0.1) is 0 Å². The van der Waals surface area contributed by atoms with Crippen molar-refractivity contribution in [1.82, 2.24) is 0 Å². The van der Waals surface area contributed by atoms with Crippen LogP contribution in [0.2, 0.25) is 0 Å². The van der Waals surface area contributed by atoms with Crippen LogP contribution in [0.25, 0.3) is 0 Å². The molecule has 3 rings (SSSR count). The number of allylic oxidation sites excluding steroid dienone is 3. The third-order valence-electron chi connectivity index (χ3n) is 4.22. The largest absolute Gasteiger partial charge is 0.161 e. The first kappa shape index (κ1) is 16.1. The van der Waals surface area contributed by atoms with Gasteiger partial charge >= 0.3 is 0 Å². The van der Waals surface area contributed by atoms with E-state index >= 15 is 0 Å². The van der Waals surface area contributed by atoms with Crippen LogP contribution in [-0.2, 0) is 16.3 Å². The first-order valence-corrected chi connectivity index (χ1v) is 9.56. The van der Waals surface area contributed by atoms with Crippen LogP contribution >= 0.6 is 0 Å². The molecule has 118 valence electrons. The van der Waals surface area contributed by atoms with E-state index in [1.807, 2.05) is 0 Å². The highest BCUT2D eigenvalue weighted by Crippen LogP contribution is 2.33. The summed E-state index contributed by atoms with van der Waals surface area (Å²) in [4.78, 5) is 2.87. The van der Waals surface area contributed by atoms with Gasteiger partial charge in [-0.05, 0) is 41.3 Å². The van der Waals surface area contributed by atoms with Crippen LogP contribution in [-0.4, -0.2) is 5.25 Å². The molecule has 23 heavy (non-hydrogen) atoms. The normalized spacial score (nSPS) is 18.8. The van der Waals surface area contributed by atoms with Crippen molar-refractivity contribution in [3.8, 4) is 0 Å². The zero-order valence-electron chi connectivity index (χ0n) is 14.2. The molecule has 2 aromatic rings. The first-order valence-electron chi connectivity index (χ1n) is 8.28. The summed E-state index contributed by atoms with van der Waals surface area (Å²) in [6.45, 7) is 6.81. The SMILES string of the molecule is CC(C)(C)c1ccc([S+](c2ccccc2)C2C=CC=CC2)cc1. The molecule has 2 aromatic carbocycles. The van der Waals surface area contributed by atoms with Gasteiger partial charge in [0.25, 0.3) is 0 Å². The Hall–Kier alpha value is -1.73. The Labute approximate surface area is 143 Å². The maximum atomic E-state index is 2.37. The van der Waals surface area contributed by atoms with Crippen LogP contribution in [0, 0.1) is 0 Å². The van der Waals surface area contributed by atoms with Crippen molar-refractivity contribution in [2.75, 3.05) is 0 Å². The van der Waals surface area contributed by atoms with E-state index in [0.29, 0.717) is 5.25 Å². The first-order chi connectivity index (χ1) is 11.1. The molecule has 0 bridgehead atoms. The van der Waals surface area contributed by atoms with E-state index < -0.39 is 0 Å². The molecule has 1 aliphatic carbocycles. The molecule has 1 aliphatic rings. The predicted octanol–water partition coefficient (Wildman–Crippen LogP) is 5.91. The molecule has 1 heteroatoms. The van der Waals surface area contributed by atoms with Crippen molar-refractivity contribution < 1.29 is 0 Å². The molecule has 0 spiro atoms. The van der Waals surface area contributed by atoms with Gasteiger partial charge in [-0.25, -0.2) is 0 Å². The van der Waals surface area contributed by atoms with Crippen LogP contribution in [0.4, 0.5) is 0 Å². The molecule has 0 aromatic heterocycles. The second-order valence-electron chi connectivity index (χ2n) is 7.01. The fraction of sp³-hybridized carbons (Fsp3) is 0.273. The van der Waals surface area contributed by atoms with Gasteiger partial charge in [-0.1, -0.05) is 69.3 Å². The average molecular weight is 322 g/mol. The molecule has 0 aliphatic heterocycles. The van der Waals surface area contributed by atoms with E-state index in [1.54, 1.807) is 0 Å². The third kappa shape index (κ3) is 3.79. The summed E-state index contributed by atoms with van der Waals surface area (Å²) in [7, 11) is 0.0892. The van der Waals surface area contributed by atoms with E-state index in [0.717, 1.165) is 6.42 Å². The predicted molar refractivity (Wildman–Crippen MR) is 102 cm³/mol. The third-order valence-corrected chi connectivity index (χ3v) is 6.73. The molecule has 0 heterocycles. The highest BCUT2D eigenvalue weighted by Gasteiger charge is 2.33. The fourth-order valence-electron chi connectivity index (χ4n) is 2.89. The summed E-state index contributed by atoms with van der Waals surface area (Å²) < 4.78 is 0. The van der Waals surface area contributed by atoms with Crippen molar-refractivity contribution in [2.45, 2.75) is 47.6 Å². The molecule has 2 unspecified atom stereocenters. The van der Waals surface area contributed by atoms with Crippen molar-refractivity contribution in [3.05, 3.63) is 84.5 Å². The van der Waals surface area contributed by atoms with Crippen molar-refractivity contribution in [3.63, 3.8) is 0 Å². The van der Waals surface area contributed by atoms with Crippen LogP contribution < -0.4 is 0 Å². The van der Waals surface area contributed by atoms with E-state index in [-0.39, 0.29) is 16.3 Å². The molecular weight excluding hydrogens is 296 g/mol. The minimum Gasteiger partial charge on any atom is -0.0792 e. The van der Waals surface area contributed by atoms with Gasteiger partial charge < -0.3 is 0 Å². The molecule has 0 radical (unpaired) electrons. The van der Waals surface area contributed by atoms with Crippen molar-refractivity contribution in [1.29, 1.82) is 0 Å². The summed E-state index contributed by atoms with van der Waals surface area (Å²) in [5, 5.41) is 0.558. The average Bonchev–Trinajstić information content (AvgIpc) is 2.57. The minimum absolute atomic E-state index is 0.0892. The van der Waals surface area contributed by atoms with Gasteiger partial charge in [0.2, 0.25) is 0 Å². The summed E-state index contributed by atoms with van der Waals surface area (Å²) in [5.74, 6) is 0. The van der Waals surface area contributed by atoms with Crippen LogP contribution in [0.15, 0.2) is 88.7 Å². The lowest BCUT2D eigenvalue weighted by Gasteiger charge is -2.20. The molecular formula is C22H25S+. The molecule has 0 N–H and O–H groups in total. The van der Waals surface area contributed by atoms with E-state index in [1.165, 1.54) is 15.4 Å². The van der Waals surface area contributed by atoms with Gasteiger partial charge in [0.05, 0.1) is 10.9 Å². The Morgan fingerprint density at radius 3 is 2.04 bits per heavy atom. The standard InChI is InChI=1S/C22H25S/c1-22(2,3)18-14-16-21(17-15-18)23(19-10-6-4-7-11-19)20-12-8-5-9-13-20/h4-12,14-17,20H,13H2,1-3H3/q+1. The summed E-state index contributed by atoms with van der Waals surface area (Å²) in [6.07, 6.45) is 10.1. The lowest BCUT2D eigenvalue weighted by atomic mass is 9.87. The van der Waals surface area contributed by atoms with Gasteiger partial charge in [-0.2, -0.15) is 0 Å². The fourth-order valence-corrected chi connectivity index (χ4v) is 5.29. The lowest BCUT2D eigenvalue weighted by molar-refractivity contribution is 0.589. The highest BCUT2D eigenvalue weighted by molar-refractivity contribution is 7.97. The van der Waals surface area contributed by atoms with Crippen LogP contribution in [0.3, 0.4) is 0 Å². The molecule has 2 atom stereocenters. The molecule has 0 fully saturated rings. The van der Waals surface area contributed by atoms with Crippen LogP contribution in [0.5, 0.6) is 0 Å². The summed E-state index contributed by atoms with van der Waals surface area (Å²) in [5.41, 5.74) is 1.61. The van der Waals surface area contributed by atoms with E-state index in [9.17, 15) is 0 Å². The Morgan fingerprint density at radius 1 is 0.826 bits per heavy atom. The highest BCUT2D eigenvalue weighted by atomic mass is 32.2. The number of benzene rings is 2. The van der Waals surface area contributed by atoms with Crippen molar-refractivity contribution >= 4 is 10.9 Å². The second kappa shape index (κ2) is 6.80. The summed E-state index contributed by atoms with van der Waals surface area (Å²) >= 11 is 0. The maximum absolute atomic E-state index is 2.37. The number of hydrogen-bond acceptors (Lipinski definition) is 0. The summed E-state index contributed by atoms with van der Waals surface area (Å²) in [6, 6.07) is 20.2. The van der Waals surface area contributed by atoms with Gasteiger partial charge in [-0.3, -0.25) is 0 Å². The Balaban J connectivity index is 1.98. The quantitative estimate of drug-likeness (QED) is 0.617. The van der Waals surface area contributed by atoms with Gasteiger partial charge in [0, 0.05) is 6.42 Å². The smallest absolute Gasteiger partial charge is 0.0792 e. The van der Waals surface area contributed by atoms with E-state index in [2.05, 4.69) is 99.7 Å². The zero-order valence-corrected chi connectivity index (χ0v) is 15.0. The molecule has 0 nitrogen and oxygen atoms in total. The number of rotatable bonds is 3. The minimum atomic E-state index is 0.0892. The number of hydrogen-bond donors (Lipinski definition) is 0.